The molecule has 2 N–H and O–H groups in total. The normalized spacial score (nSPS) is 21.2. The summed E-state index contributed by atoms with van der Waals surface area (Å²) >= 11 is 0. The van der Waals surface area contributed by atoms with E-state index in [-0.39, 0.29) is 11.4 Å². The smallest absolute Gasteiger partial charge is 0.220 e. The molecule has 100 valence electrons. The van der Waals surface area contributed by atoms with E-state index in [9.17, 15) is 4.79 Å². The number of nitrogens with one attached hydrogen (secondary N) is 2. The maximum atomic E-state index is 11.8. The highest BCUT2D eigenvalue weighted by Crippen LogP contribution is 2.16. The van der Waals surface area contributed by atoms with Crippen LogP contribution in [-0.2, 0) is 9.53 Å². The van der Waals surface area contributed by atoms with Gasteiger partial charge in [0.05, 0.1) is 12.1 Å². The zero-order chi connectivity index (χ0) is 12.7. The third-order valence-electron chi connectivity index (χ3n) is 3.16. The second kappa shape index (κ2) is 6.97. The summed E-state index contributed by atoms with van der Waals surface area (Å²) in [4.78, 5) is 11.8. The average Bonchev–Trinajstić information content (AvgIpc) is 2.27. The summed E-state index contributed by atoms with van der Waals surface area (Å²) in [5, 5.41) is 6.39. The van der Waals surface area contributed by atoms with Gasteiger partial charge in [-0.3, -0.25) is 4.79 Å². The molecule has 1 rings (SSSR count). The zero-order valence-electron chi connectivity index (χ0n) is 11.3. The first kappa shape index (κ1) is 14.5. The lowest BCUT2D eigenvalue weighted by Gasteiger charge is -2.26. The highest BCUT2D eigenvalue weighted by molar-refractivity contribution is 5.76. The molecular formula is C13H26N2O2. The fraction of sp³-hybridized carbons (Fsp3) is 0.923. The van der Waals surface area contributed by atoms with Gasteiger partial charge in [-0.15, -0.1) is 0 Å². The lowest BCUT2D eigenvalue weighted by molar-refractivity contribution is -0.123. The molecular weight excluding hydrogens is 216 g/mol. The number of rotatable bonds is 6. The molecule has 1 aliphatic rings. The lowest BCUT2D eigenvalue weighted by Crippen LogP contribution is -2.46. The first-order valence-electron chi connectivity index (χ1n) is 6.54. The largest absolute Gasteiger partial charge is 0.382 e. The fourth-order valence-electron chi connectivity index (χ4n) is 2.34. The second-order valence-electron chi connectivity index (χ2n) is 5.62. The molecule has 1 fully saturated rings. The molecule has 0 aliphatic carbocycles. The van der Waals surface area contributed by atoms with Gasteiger partial charge < -0.3 is 15.4 Å². The third kappa shape index (κ3) is 6.03. The van der Waals surface area contributed by atoms with Crippen LogP contribution < -0.4 is 10.6 Å². The Morgan fingerprint density at radius 1 is 1.53 bits per heavy atom. The van der Waals surface area contributed by atoms with E-state index in [2.05, 4.69) is 10.6 Å². The first-order chi connectivity index (χ1) is 8.03. The average molecular weight is 242 g/mol. The molecule has 4 heteroatoms. The molecule has 1 heterocycles. The monoisotopic (exact) mass is 242 g/mol. The van der Waals surface area contributed by atoms with Crippen molar-refractivity contribution in [3.8, 4) is 0 Å². The number of hydrogen-bond donors (Lipinski definition) is 2. The molecule has 1 atom stereocenters. The predicted molar refractivity (Wildman–Crippen MR) is 68.9 cm³/mol. The van der Waals surface area contributed by atoms with Gasteiger partial charge in [0, 0.05) is 13.5 Å². The van der Waals surface area contributed by atoms with Crippen molar-refractivity contribution in [3.63, 3.8) is 0 Å². The minimum Gasteiger partial charge on any atom is -0.382 e. The maximum Gasteiger partial charge on any atom is 0.220 e. The third-order valence-corrected chi connectivity index (χ3v) is 3.16. The van der Waals surface area contributed by atoms with Gasteiger partial charge in [-0.25, -0.2) is 0 Å². The molecule has 1 aliphatic heterocycles. The number of ether oxygens (including phenoxy) is 1. The van der Waals surface area contributed by atoms with Crippen molar-refractivity contribution in [2.75, 3.05) is 26.8 Å². The molecule has 0 spiro atoms. The molecule has 0 radical (unpaired) electrons. The van der Waals surface area contributed by atoms with Gasteiger partial charge >= 0.3 is 0 Å². The number of hydrogen-bond acceptors (Lipinski definition) is 3. The van der Waals surface area contributed by atoms with Gasteiger partial charge in [-0.05, 0) is 52.1 Å². The second-order valence-corrected chi connectivity index (χ2v) is 5.62. The summed E-state index contributed by atoms with van der Waals surface area (Å²) in [5.41, 5.74) is -0.267. The number of carbonyl (C=O) groups is 1. The molecule has 0 aromatic carbocycles. The van der Waals surface area contributed by atoms with E-state index in [0.717, 1.165) is 19.5 Å². The van der Waals surface area contributed by atoms with Crippen molar-refractivity contribution in [3.05, 3.63) is 0 Å². The summed E-state index contributed by atoms with van der Waals surface area (Å²) in [5.74, 6) is 0.803. The van der Waals surface area contributed by atoms with Gasteiger partial charge in [0.2, 0.25) is 5.91 Å². The van der Waals surface area contributed by atoms with Gasteiger partial charge in [0.1, 0.15) is 0 Å². The van der Waals surface area contributed by atoms with E-state index in [0.29, 0.717) is 18.9 Å². The molecule has 0 bridgehead atoms. The van der Waals surface area contributed by atoms with E-state index in [1.165, 1.54) is 12.8 Å². The van der Waals surface area contributed by atoms with Crippen LogP contribution in [0.3, 0.4) is 0 Å². The highest BCUT2D eigenvalue weighted by atomic mass is 16.5. The van der Waals surface area contributed by atoms with Crippen LogP contribution in [-0.4, -0.2) is 38.3 Å². The Balaban J connectivity index is 2.20. The minimum atomic E-state index is -0.267. The fourth-order valence-corrected chi connectivity index (χ4v) is 2.34. The van der Waals surface area contributed by atoms with Crippen molar-refractivity contribution < 1.29 is 9.53 Å². The first-order valence-corrected chi connectivity index (χ1v) is 6.54. The Morgan fingerprint density at radius 2 is 2.29 bits per heavy atom. The van der Waals surface area contributed by atoms with Crippen LogP contribution in [0.25, 0.3) is 0 Å². The van der Waals surface area contributed by atoms with Crippen molar-refractivity contribution in [1.82, 2.24) is 10.6 Å². The molecule has 4 nitrogen and oxygen atoms in total. The van der Waals surface area contributed by atoms with Crippen LogP contribution in [0.4, 0.5) is 0 Å². The summed E-state index contributed by atoms with van der Waals surface area (Å²) in [7, 11) is 1.65. The van der Waals surface area contributed by atoms with E-state index in [4.69, 9.17) is 4.74 Å². The van der Waals surface area contributed by atoms with Crippen molar-refractivity contribution >= 4 is 5.91 Å². The highest BCUT2D eigenvalue weighted by Gasteiger charge is 2.21. The van der Waals surface area contributed by atoms with Crippen LogP contribution in [0, 0.1) is 5.92 Å². The lowest BCUT2D eigenvalue weighted by atomic mass is 9.94. The van der Waals surface area contributed by atoms with Crippen LogP contribution in [0.15, 0.2) is 0 Å². The Bertz CT molecular complexity index is 236. The number of amides is 1. The number of carbonyl (C=O) groups excluding carboxylic acids is 1. The molecule has 1 unspecified atom stereocenters. The molecule has 0 aromatic rings. The van der Waals surface area contributed by atoms with Gasteiger partial charge in [-0.2, -0.15) is 0 Å². The topological polar surface area (TPSA) is 50.4 Å². The predicted octanol–water partition coefficient (Wildman–Crippen LogP) is 1.31. The molecule has 0 saturated carbocycles. The summed E-state index contributed by atoms with van der Waals surface area (Å²) in [6.07, 6.45) is 4.10. The summed E-state index contributed by atoms with van der Waals surface area (Å²) in [6, 6.07) is 0. The summed E-state index contributed by atoms with van der Waals surface area (Å²) < 4.78 is 5.08. The van der Waals surface area contributed by atoms with E-state index in [1.54, 1.807) is 7.11 Å². The van der Waals surface area contributed by atoms with Gasteiger partial charge in [-0.1, -0.05) is 0 Å². The number of methoxy groups -OCH3 is 1. The van der Waals surface area contributed by atoms with Crippen molar-refractivity contribution in [2.24, 2.45) is 5.92 Å². The van der Waals surface area contributed by atoms with Crippen LogP contribution in [0.5, 0.6) is 0 Å². The summed E-state index contributed by atoms with van der Waals surface area (Å²) in [6.45, 7) is 6.70. The molecule has 0 aromatic heterocycles. The van der Waals surface area contributed by atoms with Crippen molar-refractivity contribution in [1.29, 1.82) is 0 Å². The van der Waals surface area contributed by atoms with Gasteiger partial charge in [0.25, 0.3) is 0 Å². The van der Waals surface area contributed by atoms with Crippen LogP contribution in [0.1, 0.15) is 39.5 Å². The Morgan fingerprint density at radius 3 is 2.88 bits per heavy atom. The molecule has 1 saturated heterocycles. The SMILES string of the molecule is COCC(C)(C)NC(=O)CCC1CCCNC1. The number of piperidine rings is 1. The Labute approximate surface area is 104 Å². The quantitative estimate of drug-likeness (QED) is 0.738. The minimum absolute atomic E-state index is 0.137. The standard InChI is InChI=1S/C13H26N2O2/c1-13(2,10-17-3)15-12(16)7-6-11-5-4-8-14-9-11/h11,14H,4-10H2,1-3H3,(H,15,16). The van der Waals surface area contributed by atoms with Crippen LogP contribution >= 0.6 is 0 Å². The van der Waals surface area contributed by atoms with Gasteiger partial charge in [0.15, 0.2) is 0 Å². The molecule has 1 amide bonds. The van der Waals surface area contributed by atoms with E-state index < -0.39 is 0 Å². The Kier molecular flexibility index (Phi) is 5.92. The van der Waals surface area contributed by atoms with E-state index >= 15 is 0 Å². The Hall–Kier alpha value is -0.610. The molecule has 17 heavy (non-hydrogen) atoms. The van der Waals surface area contributed by atoms with E-state index in [1.807, 2.05) is 13.8 Å². The van der Waals surface area contributed by atoms with Crippen LogP contribution in [0.2, 0.25) is 0 Å². The maximum absolute atomic E-state index is 11.8. The zero-order valence-corrected chi connectivity index (χ0v) is 11.3. The van der Waals surface area contributed by atoms with Crippen molar-refractivity contribution in [2.45, 2.75) is 45.1 Å².